The number of hydrogen-bond donors (Lipinski definition) is 0. The highest BCUT2D eigenvalue weighted by atomic mass is 32.2. The topological polar surface area (TPSA) is 80.8 Å². The molecule has 6 nitrogen and oxygen atoms in total. The Morgan fingerprint density at radius 2 is 1.50 bits per heavy atom. The van der Waals surface area contributed by atoms with Gasteiger partial charge in [-0.2, -0.15) is 0 Å². The van der Waals surface area contributed by atoms with Gasteiger partial charge in [0.1, 0.15) is 0 Å². The number of hydrogen-bond acceptors (Lipinski definition) is 5. The van der Waals surface area contributed by atoms with Crippen LogP contribution in [-0.4, -0.2) is 34.3 Å². The van der Waals surface area contributed by atoms with Gasteiger partial charge in [-0.05, 0) is 53.6 Å². The Balaban J connectivity index is 1.90. The number of rotatable bonds is 8. The van der Waals surface area contributed by atoms with Crippen molar-refractivity contribution in [3.63, 3.8) is 0 Å². The van der Waals surface area contributed by atoms with Gasteiger partial charge in [0.25, 0.3) is 10.0 Å². The number of carbonyl (C=O) groups excluding carboxylic acids is 2. The van der Waals surface area contributed by atoms with Gasteiger partial charge < -0.3 is 4.74 Å². The first-order chi connectivity index (χ1) is 17.3. The lowest BCUT2D eigenvalue weighted by atomic mass is 10.0. The van der Waals surface area contributed by atoms with Crippen molar-refractivity contribution < 1.29 is 22.7 Å². The normalized spacial score (nSPS) is 11.8. The van der Waals surface area contributed by atoms with E-state index in [1.807, 2.05) is 49.4 Å². The van der Waals surface area contributed by atoms with Crippen LogP contribution in [0.4, 0.5) is 5.69 Å². The Labute approximate surface area is 210 Å². The van der Waals surface area contributed by atoms with Crippen LogP contribution in [0.2, 0.25) is 0 Å². The van der Waals surface area contributed by atoms with Crippen molar-refractivity contribution in [2.75, 3.05) is 18.0 Å². The molecule has 0 atom stereocenters. The summed E-state index contributed by atoms with van der Waals surface area (Å²) in [6.45, 7) is 1.52. The summed E-state index contributed by atoms with van der Waals surface area (Å²) < 4.78 is 33.8. The Kier molecular flexibility index (Phi) is 7.31. The average Bonchev–Trinajstić information content (AvgIpc) is 2.90. The van der Waals surface area contributed by atoms with Crippen LogP contribution in [0, 0.1) is 6.92 Å². The number of anilines is 1. The van der Waals surface area contributed by atoms with Gasteiger partial charge in [-0.15, -0.1) is 0 Å². The molecule has 7 heteroatoms. The minimum atomic E-state index is -4.15. The Morgan fingerprint density at radius 3 is 2.22 bits per heavy atom. The second-order valence-electron chi connectivity index (χ2n) is 8.23. The molecule has 4 aromatic rings. The number of carbonyl (C=O) groups is 2. The van der Waals surface area contributed by atoms with Crippen molar-refractivity contribution in [2.24, 2.45) is 0 Å². The smallest absolute Gasteiger partial charge is 0.335 e. The quantitative estimate of drug-likeness (QED) is 0.184. The summed E-state index contributed by atoms with van der Waals surface area (Å²) in [7, 11) is -2.90. The van der Waals surface area contributed by atoms with Crippen LogP contribution < -0.4 is 4.31 Å². The second kappa shape index (κ2) is 10.6. The van der Waals surface area contributed by atoms with E-state index in [1.54, 1.807) is 36.4 Å². The van der Waals surface area contributed by atoms with Crippen molar-refractivity contribution in [3.05, 3.63) is 113 Å². The molecule has 0 bridgehead atoms. The van der Waals surface area contributed by atoms with Gasteiger partial charge in [-0.25, -0.2) is 13.2 Å². The molecule has 0 aromatic heterocycles. The van der Waals surface area contributed by atoms with Crippen molar-refractivity contribution in [2.45, 2.75) is 11.8 Å². The van der Waals surface area contributed by atoms with E-state index in [0.717, 1.165) is 26.2 Å². The molecule has 0 unspecified atom stereocenters. The summed E-state index contributed by atoms with van der Waals surface area (Å²) in [4.78, 5) is 24.8. The highest BCUT2D eigenvalue weighted by Gasteiger charge is 2.29. The molecule has 4 aromatic carbocycles. The van der Waals surface area contributed by atoms with Crippen LogP contribution in [0.3, 0.4) is 0 Å². The van der Waals surface area contributed by atoms with Gasteiger partial charge in [-0.3, -0.25) is 9.10 Å². The second-order valence-corrected chi connectivity index (χ2v) is 10.1. The fourth-order valence-electron chi connectivity index (χ4n) is 3.97. The Bertz CT molecular complexity index is 1550. The zero-order valence-electron chi connectivity index (χ0n) is 19.9. The minimum Gasteiger partial charge on any atom is -0.466 e. The maximum Gasteiger partial charge on any atom is 0.335 e. The molecule has 0 spiro atoms. The van der Waals surface area contributed by atoms with Crippen LogP contribution in [0.25, 0.3) is 16.8 Å². The first-order valence-corrected chi connectivity index (χ1v) is 12.7. The number of methoxy groups -OCH3 is 1. The summed E-state index contributed by atoms with van der Waals surface area (Å²) in [5.41, 5.74) is 2.11. The fourth-order valence-corrected chi connectivity index (χ4v) is 5.44. The molecule has 0 aliphatic rings. The molecule has 36 heavy (non-hydrogen) atoms. The molecule has 0 saturated heterocycles. The number of nitrogens with zero attached hydrogens (tertiary/aromatic N) is 1. The highest BCUT2D eigenvalue weighted by molar-refractivity contribution is 7.92. The third kappa shape index (κ3) is 5.06. The zero-order chi connectivity index (χ0) is 25.7. The number of esters is 1. The third-order valence-corrected chi connectivity index (χ3v) is 7.63. The third-order valence-electron chi connectivity index (χ3n) is 5.86. The predicted molar refractivity (Wildman–Crippen MR) is 141 cm³/mol. The van der Waals surface area contributed by atoms with Crippen LogP contribution in [0.1, 0.15) is 21.5 Å². The lowest BCUT2D eigenvalue weighted by Gasteiger charge is -2.26. The zero-order valence-corrected chi connectivity index (χ0v) is 20.7. The van der Waals surface area contributed by atoms with Gasteiger partial charge in [0.15, 0.2) is 6.29 Å². The maximum atomic E-state index is 13.9. The number of fused-ring (bicyclic) bond motifs is 1. The molecule has 0 heterocycles. The fraction of sp³-hybridized carbons (Fsp3) is 0.103. The summed E-state index contributed by atoms with van der Waals surface area (Å²) in [5, 5.41) is 1.88. The molecule has 0 fully saturated rings. The van der Waals surface area contributed by atoms with Crippen molar-refractivity contribution in [1.29, 1.82) is 0 Å². The Morgan fingerprint density at radius 1 is 0.861 bits per heavy atom. The van der Waals surface area contributed by atoms with Crippen molar-refractivity contribution in [1.82, 2.24) is 0 Å². The first kappa shape index (κ1) is 24.9. The van der Waals surface area contributed by atoms with E-state index < -0.39 is 16.0 Å². The molecule has 0 aliphatic carbocycles. The van der Waals surface area contributed by atoms with Gasteiger partial charge in [0.2, 0.25) is 0 Å². The molecule has 0 radical (unpaired) electrons. The van der Waals surface area contributed by atoms with E-state index >= 15 is 0 Å². The summed E-state index contributed by atoms with van der Waals surface area (Å²) in [6, 6.07) is 26.2. The number of ether oxygens (including phenoxy) is 1. The molecular formula is C29H25NO5S. The average molecular weight is 500 g/mol. The molecule has 182 valence electrons. The lowest BCUT2D eigenvalue weighted by molar-refractivity contribution is -0.136. The first-order valence-electron chi connectivity index (χ1n) is 11.3. The lowest BCUT2D eigenvalue weighted by Crippen LogP contribution is -2.35. The van der Waals surface area contributed by atoms with Crippen LogP contribution >= 0.6 is 0 Å². The predicted octanol–water partition coefficient (Wildman–Crippen LogP) is 5.41. The number of aryl methyl sites for hydroxylation is 1. The molecular weight excluding hydrogens is 474 g/mol. The van der Waals surface area contributed by atoms with Crippen LogP contribution in [-0.2, 0) is 19.6 Å². The highest BCUT2D eigenvalue weighted by Crippen LogP contribution is 2.29. The molecule has 0 saturated carbocycles. The summed E-state index contributed by atoms with van der Waals surface area (Å²) in [5.74, 6) is -0.671. The van der Waals surface area contributed by atoms with E-state index in [2.05, 4.69) is 0 Å². The standard InChI is InChI=1S/C29H25NO5S/c1-21-14-16-26(17-15-21)36(33,34)30(28-13-6-4-9-24(28)20-31)19-25(29(32)35-2)18-23-11-7-10-22-8-3-5-12-27(22)23/h3-18,20H,19H2,1-2H3/b25-18+. The largest absolute Gasteiger partial charge is 0.466 e. The Hall–Kier alpha value is -4.23. The van der Waals surface area contributed by atoms with Crippen LogP contribution in [0.15, 0.2) is 101 Å². The van der Waals surface area contributed by atoms with Gasteiger partial charge >= 0.3 is 5.97 Å². The van der Waals surface area contributed by atoms with Gasteiger partial charge in [-0.1, -0.05) is 72.3 Å². The summed E-state index contributed by atoms with van der Waals surface area (Å²) in [6.07, 6.45) is 2.23. The van der Waals surface area contributed by atoms with E-state index in [-0.39, 0.29) is 28.3 Å². The molecule has 0 amide bonds. The molecule has 4 rings (SSSR count). The van der Waals surface area contributed by atoms with Crippen molar-refractivity contribution in [3.8, 4) is 0 Å². The number of sulfonamides is 1. The van der Waals surface area contributed by atoms with Crippen LogP contribution in [0.5, 0.6) is 0 Å². The summed E-state index contributed by atoms with van der Waals surface area (Å²) >= 11 is 0. The number of aldehydes is 1. The maximum absolute atomic E-state index is 13.9. The van der Waals surface area contributed by atoms with Gasteiger partial charge in [0, 0.05) is 5.56 Å². The SMILES string of the molecule is COC(=O)/C(=C/c1cccc2ccccc12)CN(c1ccccc1C=O)S(=O)(=O)c1ccc(C)cc1. The van der Waals surface area contributed by atoms with E-state index in [9.17, 15) is 18.0 Å². The molecule has 0 aliphatic heterocycles. The van der Waals surface area contributed by atoms with E-state index in [4.69, 9.17) is 4.74 Å². The number of benzene rings is 4. The van der Waals surface area contributed by atoms with E-state index in [1.165, 1.54) is 25.3 Å². The number of para-hydroxylation sites is 1. The van der Waals surface area contributed by atoms with Crippen molar-refractivity contribution >= 4 is 44.8 Å². The van der Waals surface area contributed by atoms with Gasteiger partial charge in [0.05, 0.1) is 29.8 Å². The van der Waals surface area contributed by atoms with E-state index in [0.29, 0.717) is 6.29 Å². The monoisotopic (exact) mass is 499 g/mol. The minimum absolute atomic E-state index is 0.0446. The molecule has 0 N–H and O–H groups in total.